The molecule has 2 rings (SSSR count). The zero-order valence-corrected chi connectivity index (χ0v) is 12.3. The van der Waals surface area contributed by atoms with Crippen LogP contribution in [0.25, 0.3) is 0 Å². The van der Waals surface area contributed by atoms with Crippen LogP contribution in [0.2, 0.25) is 0 Å². The molecule has 0 radical (unpaired) electrons. The van der Waals surface area contributed by atoms with Crippen LogP contribution in [0, 0.1) is 6.92 Å². The van der Waals surface area contributed by atoms with Crippen molar-refractivity contribution >= 4 is 21.4 Å². The van der Waals surface area contributed by atoms with Crippen molar-refractivity contribution in [1.82, 2.24) is 9.88 Å². The van der Waals surface area contributed by atoms with Gasteiger partial charge in [-0.3, -0.25) is 15.6 Å². The maximum absolute atomic E-state index is 12.4. The van der Waals surface area contributed by atoms with Crippen LogP contribution >= 0.6 is 0 Å². The molecule has 1 aromatic heterocycles. The second-order valence-electron chi connectivity index (χ2n) is 4.99. The van der Waals surface area contributed by atoms with Crippen molar-refractivity contribution in [2.75, 3.05) is 24.0 Å². The number of nitrogen functional groups attached to an aromatic ring is 1. The number of carbonyl (C=O) groups excluding carboxylic acids is 1. The molecule has 1 fully saturated rings. The average Bonchev–Trinajstić information content (AvgIpc) is 2.77. The Morgan fingerprint density at radius 3 is 2.80 bits per heavy atom. The van der Waals surface area contributed by atoms with Crippen LogP contribution in [0.4, 0.5) is 5.69 Å². The van der Waals surface area contributed by atoms with Crippen molar-refractivity contribution in [1.29, 1.82) is 0 Å². The molecule has 0 saturated carbocycles. The Morgan fingerprint density at radius 2 is 2.25 bits per heavy atom. The molecule has 1 amide bonds. The largest absolute Gasteiger partial charge is 0.338 e. The summed E-state index contributed by atoms with van der Waals surface area (Å²) in [5.74, 6) is 5.27. The molecule has 7 nitrogen and oxygen atoms in total. The lowest BCUT2D eigenvalue weighted by Gasteiger charge is -2.24. The summed E-state index contributed by atoms with van der Waals surface area (Å²) in [7, 11) is -1.42. The van der Waals surface area contributed by atoms with Gasteiger partial charge in [0.05, 0.1) is 22.8 Å². The smallest absolute Gasteiger partial charge is 0.257 e. The monoisotopic (exact) mass is 298 g/mol. The predicted octanol–water partition coefficient (Wildman–Crippen LogP) is -0.0653. The number of rotatable bonds is 3. The number of nitrogens with zero attached hydrogens (tertiary/aromatic N) is 2. The van der Waals surface area contributed by atoms with Crippen LogP contribution in [-0.2, 0) is 9.84 Å². The Kier molecular flexibility index (Phi) is 3.96. The Morgan fingerprint density at radius 1 is 1.55 bits per heavy atom. The van der Waals surface area contributed by atoms with E-state index in [2.05, 4.69) is 10.4 Å². The fourth-order valence-electron chi connectivity index (χ4n) is 2.29. The van der Waals surface area contributed by atoms with Crippen molar-refractivity contribution in [3.63, 3.8) is 0 Å². The molecule has 3 N–H and O–H groups in total. The number of aryl methyl sites for hydroxylation is 1. The van der Waals surface area contributed by atoms with E-state index >= 15 is 0 Å². The van der Waals surface area contributed by atoms with Gasteiger partial charge in [-0.15, -0.1) is 0 Å². The maximum Gasteiger partial charge on any atom is 0.257 e. The van der Waals surface area contributed by atoms with Gasteiger partial charge < -0.3 is 10.3 Å². The molecule has 0 aromatic carbocycles. The molecule has 1 aliphatic heterocycles. The van der Waals surface area contributed by atoms with Gasteiger partial charge in [0.15, 0.2) is 9.84 Å². The summed E-state index contributed by atoms with van der Waals surface area (Å²) in [4.78, 5) is 18.0. The number of aromatic nitrogens is 1. The minimum absolute atomic E-state index is 0.0138. The summed E-state index contributed by atoms with van der Waals surface area (Å²) < 4.78 is 23.0. The van der Waals surface area contributed by atoms with Crippen molar-refractivity contribution in [2.45, 2.75) is 19.4 Å². The molecule has 1 aromatic rings. The van der Waals surface area contributed by atoms with Crippen molar-refractivity contribution in [3.8, 4) is 0 Å². The van der Waals surface area contributed by atoms with Crippen molar-refractivity contribution in [2.24, 2.45) is 5.84 Å². The first-order valence-corrected chi connectivity index (χ1v) is 8.07. The summed E-state index contributed by atoms with van der Waals surface area (Å²) in [5.41, 5.74) is 4.03. The number of carbonyl (C=O) groups is 1. The predicted molar refractivity (Wildman–Crippen MR) is 75.9 cm³/mol. The number of sulfone groups is 1. The van der Waals surface area contributed by atoms with Gasteiger partial charge >= 0.3 is 0 Å². The second-order valence-corrected chi connectivity index (χ2v) is 7.22. The van der Waals surface area contributed by atoms with Gasteiger partial charge in [0.2, 0.25) is 0 Å². The lowest BCUT2D eigenvalue weighted by Crippen LogP contribution is -2.38. The summed E-state index contributed by atoms with van der Waals surface area (Å²) >= 11 is 0. The third kappa shape index (κ3) is 2.91. The topological polar surface area (TPSA) is 105 Å². The van der Waals surface area contributed by atoms with Crippen LogP contribution in [0.3, 0.4) is 0 Å². The fraction of sp³-hybridized carbons (Fsp3) is 0.500. The lowest BCUT2D eigenvalue weighted by atomic mass is 10.1. The Labute approximate surface area is 118 Å². The number of pyridine rings is 1. The summed E-state index contributed by atoms with van der Waals surface area (Å²) in [6.45, 7) is 1.79. The number of amides is 1. The van der Waals surface area contributed by atoms with Gasteiger partial charge in [-0.05, 0) is 19.4 Å². The van der Waals surface area contributed by atoms with E-state index in [1.165, 1.54) is 11.1 Å². The molecule has 1 aliphatic rings. The van der Waals surface area contributed by atoms with Crippen molar-refractivity contribution in [3.05, 3.63) is 23.5 Å². The Bertz CT molecular complexity index is 630. The molecule has 20 heavy (non-hydrogen) atoms. The number of anilines is 1. The van der Waals surface area contributed by atoms with E-state index in [-0.39, 0.29) is 23.5 Å². The number of hydrogen-bond acceptors (Lipinski definition) is 6. The van der Waals surface area contributed by atoms with E-state index in [0.717, 1.165) is 5.69 Å². The summed E-state index contributed by atoms with van der Waals surface area (Å²) in [5, 5.41) is 0. The molecule has 110 valence electrons. The second kappa shape index (κ2) is 5.37. The quantitative estimate of drug-likeness (QED) is 0.598. The van der Waals surface area contributed by atoms with E-state index in [9.17, 15) is 13.2 Å². The fourth-order valence-corrected chi connectivity index (χ4v) is 4.06. The van der Waals surface area contributed by atoms with E-state index in [4.69, 9.17) is 5.84 Å². The van der Waals surface area contributed by atoms with Crippen LogP contribution in [-0.4, -0.2) is 48.8 Å². The zero-order valence-electron chi connectivity index (χ0n) is 11.5. The van der Waals surface area contributed by atoms with Gasteiger partial charge in [-0.2, -0.15) is 0 Å². The van der Waals surface area contributed by atoms with Gasteiger partial charge in [-0.1, -0.05) is 0 Å². The zero-order chi connectivity index (χ0) is 14.9. The third-order valence-corrected chi connectivity index (χ3v) is 5.25. The minimum Gasteiger partial charge on any atom is -0.338 e. The number of hydrazine groups is 1. The summed E-state index contributed by atoms with van der Waals surface area (Å²) in [6.07, 6.45) is 1.92. The highest BCUT2D eigenvalue weighted by Crippen LogP contribution is 2.21. The molecular formula is C12H18N4O3S. The number of nitrogens with two attached hydrogens (primary N) is 1. The van der Waals surface area contributed by atoms with Gasteiger partial charge in [0.25, 0.3) is 5.91 Å². The highest BCUT2D eigenvalue weighted by Gasteiger charge is 2.33. The van der Waals surface area contributed by atoms with Crippen LogP contribution in [0.15, 0.2) is 12.3 Å². The van der Waals surface area contributed by atoms with E-state index < -0.39 is 9.84 Å². The first-order valence-electron chi connectivity index (χ1n) is 6.25. The number of hydrogen-bond donors (Lipinski definition) is 2. The van der Waals surface area contributed by atoms with Gasteiger partial charge in [-0.25, -0.2) is 8.42 Å². The van der Waals surface area contributed by atoms with E-state index in [0.29, 0.717) is 17.7 Å². The molecule has 0 aliphatic carbocycles. The van der Waals surface area contributed by atoms with Crippen LogP contribution < -0.4 is 11.3 Å². The maximum atomic E-state index is 12.4. The lowest BCUT2D eigenvalue weighted by molar-refractivity contribution is 0.0748. The third-order valence-electron chi connectivity index (χ3n) is 3.50. The molecule has 0 spiro atoms. The standard InChI is InChI=1S/C12H18N4O3S/c1-8-5-11(15-13)10(6-14-8)12(17)16(2)9-3-4-20(18,19)7-9/h5-6,9H,3-4,7,13H2,1-2H3,(H,14,15). The number of nitrogens with one attached hydrogen (secondary N) is 1. The van der Waals surface area contributed by atoms with Crippen molar-refractivity contribution < 1.29 is 13.2 Å². The normalized spacial score (nSPS) is 20.6. The molecule has 0 bridgehead atoms. The highest BCUT2D eigenvalue weighted by molar-refractivity contribution is 7.91. The van der Waals surface area contributed by atoms with E-state index in [1.54, 1.807) is 20.0 Å². The van der Waals surface area contributed by atoms with Crippen LogP contribution in [0.1, 0.15) is 22.5 Å². The molecular weight excluding hydrogens is 280 g/mol. The molecule has 1 atom stereocenters. The first kappa shape index (κ1) is 14.7. The van der Waals surface area contributed by atoms with Gasteiger partial charge in [0, 0.05) is 25.0 Å². The van der Waals surface area contributed by atoms with E-state index in [1.807, 2.05) is 0 Å². The molecule has 1 unspecified atom stereocenters. The Balaban J connectivity index is 2.23. The van der Waals surface area contributed by atoms with Crippen LogP contribution in [0.5, 0.6) is 0 Å². The molecule has 2 heterocycles. The minimum atomic E-state index is -3.03. The average molecular weight is 298 g/mol. The molecule has 8 heteroatoms. The first-order chi connectivity index (χ1) is 9.34. The summed E-state index contributed by atoms with van der Waals surface area (Å²) in [6, 6.07) is 1.38. The molecule has 1 saturated heterocycles. The Hall–Kier alpha value is -1.67. The highest BCUT2D eigenvalue weighted by atomic mass is 32.2. The van der Waals surface area contributed by atoms with Gasteiger partial charge in [0.1, 0.15) is 0 Å². The SMILES string of the molecule is Cc1cc(NN)c(C(=O)N(C)C2CCS(=O)(=O)C2)cn1.